The molecule has 0 spiro atoms. The maximum Gasteiger partial charge on any atom is 0.283 e. The van der Waals surface area contributed by atoms with Gasteiger partial charge in [0.25, 0.3) is 3.91 Å². The van der Waals surface area contributed by atoms with Crippen LogP contribution in [0.2, 0.25) is 0 Å². The first-order valence-corrected chi connectivity index (χ1v) is 6.69. The molecule has 2 unspecified atom stereocenters. The summed E-state index contributed by atoms with van der Waals surface area (Å²) in [7, 11) is 1.90. The van der Waals surface area contributed by atoms with Crippen molar-refractivity contribution in [1.29, 1.82) is 0 Å². The summed E-state index contributed by atoms with van der Waals surface area (Å²) in [6.45, 7) is 2.00. The van der Waals surface area contributed by atoms with Gasteiger partial charge >= 0.3 is 0 Å². The van der Waals surface area contributed by atoms with Crippen molar-refractivity contribution < 1.29 is 4.79 Å². The van der Waals surface area contributed by atoms with Crippen molar-refractivity contribution in [1.82, 2.24) is 14.9 Å². The summed E-state index contributed by atoms with van der Waals surface area (Å²) < 4.78 is 0.135. The molecule has 0 aromatic carbocycles. The Hall–Kier alpha value is -0.920. The third-order valence-corrected chi connectivity index (χ3v) is 4.52. The molecule has 3 rings (SSSR count). The van der Waals surface area contributed by atoms with E-state index in [-0.39, 0.29) is 3.91 Å². The van der Waals surface area contributed by atoms with Crippen LogP contribution in [0.15, 0.2) is 18.6 Å². The van der Waals surface area contributed by atoms with E-state index < -0.39 is 0 Å². The van der Waals surface area contributed by atoms with Crippen molar-refractivity contribution in [3.8, 4) is 0 Å². The van der Waals surface area contributed by atoms with Gasteiger partial charge in [-0.2, -0.15) is 0 Å². The molecular weight excluding hydrogens is 331 g/mol. The van der Waals surface area contributed by atoms with Crippen LogP contribution in [0, 0.1) is 11.8 Å². The second kappa shape index (κ2) is 4.08. The Morgan fingerprint density at radius 1 is 1.53 bits per heavy atom. The summed E-state index contributed by atoms with van der Waals surface area (Å²) >= 11 is 1.85. The summed E-state index contributed by atoms with van der Waals surface area (Å²) in [5.41, 5.74) is 0. The number of fused-ring (bicyclic) bond motifs is 1. The highest BCUT2D eigenvalue weighted by Crippen LogP contribution is 2.49. The van der Waals surface area contributed by atoms with Crippen LogP contribution in [0.1, 0.15) is 0 Å². The third-order valence-electron chi connectivity index (χ3n) is 3.76. The second-order valence-corrected chi connectivity index (χ2v) is 5.58. The molecule has 2 aliphatic rings. The van der Waals surface area contributed by atoms with E-state index in [4.69, 9.17) is 0 Å². The Bertz CT molecular complexity index is 428. The van der Waals surface area contributed by atoms with E-state index in [0.29, 0.717) is 17.9 Å². The standard InChI is InChI=1S/C11H13IN4O/c1-15(11(12)17)10-7-4-16(5-8(7)10)9-2-3-13-6-14-9/h2-3,6-8,10H,4-5H2,1H3. The molecule has 1 saturated heterocycles. The molecule has 1 aliphatic heterocycles. The lowest BCUT2D eigenvalue weighted by Crippen LogP contribution is -2.33. The average molecular weight is 344 g/mol. The highest BCUT2D eigenvalue weighted by Gasteiger charge is 2.58. The van der Waals surface area contributed by atoms with Gasteiger partial charge in [-0.25, -0.2) is 9.97 Å². The quantitative estimate of drug-likeness (QED) is 0.462. The zero-order valence-electron chi connectivity index (χ0n) is 9.45. The van der Waals surface area contributed by atoms with Crippen LogP contribution in [0.25, 0.3) is 0 Å². The molecule has 2 heterocycles. The molecule has 0 bridgehead atoms. The van der Waals surface area contributed by atoms with Crippen molar-refractivity contribution in [2.75, 3.05) is 25.0 Å². The number of piperidine rings is 1. The van der Waals surface area contributed by atoms with Crippen molar-refractivity contribution in [3.63, 3.8) is 0 Å². The largest absolute Gasteiger partial charge is 0.356 e. The molecule has 1 saturated carbocycles. The Balaban J connectivity index is 1.64. The van der Waals surface area contributed by atoms with Crippen LogP contribution in [0.3, 0.4) is 0 Å². The number of amides is 1. The zero-order valence-corrected chi connectivity index (χ0v) is 11.6. The first-order chi connectivity index (χ1) is 8.18. The topological polar surface area (TPSA) is 49.3 Å². The Kier molecular flexibility index (Phi) is 2.68. The van der Waals surface area contributed by atoms with Crippen LogP contribution in [0.5, 0.6) is 0 Å². The molecule has 5 nitrogen and oxygen atoms in total. The van der Waals surface area contributed by atoms with E-state index >= 15 is 0 Å². The van der Waals surface area contributed by atoms with Gasteiger partial charge in [0.05, 0.1) is 0 Å². The van der Waals surface area contributed by atoms with Gasteiger partial charge in [0.15, 0.2) is 0 Å². The molecular formula is C11H13IN4O. The van der Waals surface area contributed by atoms with E-state index in [9.17, 15) is 4.79 Å². The molecule has 1 aromatic rings. The fourth-order valence-electron chi connectivity index (χ4n) is 2.84. The summed E-state index contributed by atoms with van der Waals surface area (Å²) in [6, 6.07) is 2.38. The molecule has 90 valence electrons. The van der Waals surface area contributed by atoms with Gasteiger partial charge in [-0.1, -0.05) is 0 Å². The molecule has 0 N–H and O–H groups in total. The molecule has 17 heavy (non-hydrogen) atoms. The molecule has 1 aliphatic carbocycles. The van der Waals surface area contributed by atoms with Gasteiger partial charge in [-0.3, -0.25) is 4.79 Å². The highest BCUT2D eigenvalue weighted by molar-refractivity contribution is 14.1. The first-order valence-electron chi connectivity index (χ1n) is 5.61. The van der Waals surface area contributed by atoms with Gasteiger partial charge < -0.3 is 9.80 Å². The Labute approximate surface area is 113 Å². The monoisotopic (exact) mass is 344 g/mol. The molecule has 1 aromatic heterocycles. The van der Waals surface area contributed by atoms with Gasteiger partial charge in [0.1, 0.15) is 12.1 Å². The summed E-state index contributed by atoms with van der Waals surface area (Å²) in [5.74, 6) is 2.23. The van der Waals surface area contributed by atoms with Gasteiger partial charge in [0.2, 0.25) is 0 Å². The minimum absolute atomic E-state index is 0.135. The smallest absolute Gasteiger partial charge is 0.283 e. The van der Waals surface area contributed by atoms with E-state index in [2.05, 4.69) is 14.9 Å². The van der Waals surface area contributed by atoms with E-state index in [0.717, 1.165) is 18.9 Å². The molecule has 6 heteroatoms. The molecule has 2 atom stereocenters. The fraction of sp³-hybridized carbons (Fsp3) is 0.545. The number of hydrogen-bond donors (Lipinski definition) is 0. The molecule has 1 amide bonds. The number of halogens is 1. The zero-order chi connectivity index (χ0) is 12.0. The van der Waals surface area contributed by atoms with E-state index in [1.807, 2.05) is 40.6 Å². The normalized spacial score (nSPS) is 30.0. The Morgan fingerprint density at radius 3 is 2.76 bits per heavy atom. The van der Waals surface area contributed by atoms with Gasteiger partial charge in [-0.05, 0) is 6.07 Å². The van der Waals surface area contributed by atoms with Crippen molar-refractivity contribution >= 4 is 32.3 Å². The molecule has 0 radical (unpaired) electrons. The first kappa shape index (κ1) is 11.2. The summed E-state index contributed by atoms with van der Waals surface area (Å²) in [5, 5.41) is 0. The number of aromatic nitrogens is 2. The number of carbonyl (C=O) groups is 1. The maximum absolute atomic E-state index is 11.3. The van der Waals surface area contributed by atoms with Crippen LogP contribution in [-0.2, 0) is 0 Å². The predicted octanol–water partition coefficient (Wildman–Crippen LogP) is 1.40. The maximum atomic E-state index is 11.3. The predicted molar refractivity (Wildman–Crippen MR) is 72.2 cm³/mol. The van der Waals surface area contributed by atoms with Gasteiger partial charge in [-0.15, -0.1) is 0 Å². The number of rotatable bonds is 2. The van der Waals surface area contributed by atoms with Crippen molar-refractivity contribution in [2.45, 2.75) is 6.04 Å². The average Bonchev–Trinajstić information content (AvgIpc) is 2.83. The van der Waals surface area contributed by atoms with Crippen LogP contribution in [-0.4, -0.2) is 45.0 Å². The van der Waals surface area contributed by atoms with Crippen LogP contribution < -0.4 is 4.90 Å². The van der Waals surface area contributed by atoms with Crippen LogP contribution in [0.4, 0.5) is 10.6 Å². The second-order valence-electron chi connectivity index (χ2n) is 4.65. The SMILES string of the molecule is CN(C(=O)I)C1C2CN(c3ccncn3)CC21. The Morgan fingerprint density at radius 2 is 2.24 bits per heavy atom. The highest BCUT2D eigenvalue weighted by atomic mass is 127. The molecule has 2 fully saturated rings. The summed E-state index contributed by atoms with van der Waals surface area (Å²) in [6.07, 6.45) is 3.35. The minimum atomic E-state index is 0.135. The number of nitrogens with zero attached hydrogens (tertiary/aromatic N) is 4. The van der Waals surface area contributed by atoms with Crippen molar-refractivity contribution in [2.24, 2.45) is 11.8 Å². The summed E-state index contributed by atoms with van der Waals surface area (Å²) in [4.78, 5) is 23.6. The lowest BCUT2D eigenvalue weighted by Gasteiger charge is -2.23. The number of carbonyl (C=O) groups excluding carboxylic acids is 1. The number of anilines is 1. The van der Waals surface area contributed by atoms with E-state index in [1.165, 1.54) is 0 Å². The fourth-order valence-corrected chi connectivity index (χ4v) is 3.17. The third kappa shape index (κ3) is 1.88. The minimum Gasteiger partial charge on any atom is -0.356 e. The lowest BCUT2D eigenvalue weighted by molar-refractivity contribution is 0.230. The number of hydrogen-bond acceptors (Lipinski definition) is 4. The van der Waals surface area contributed by atoms with Crippen LogP contribution >= 0.6 is 22.6 Å². The lowest BCUT2D eigenvalue weighted by atomic mass is 10.3. The van der Waals surface area contributed by atoms with E-state index in [1.54, 1.807) is 12.5 Å². The van der Waals surface area contributed by atoms with Gasteiger partial charge in [0, 0.05) is 66.8 Å². The van der Waals surface area contributed by atoms with Crippen molar-refractivity contribution in [3.05, 3.63) is 18.6 Å².